The summed E-state index contributed by atoms with van der Waals surface area (Å²) in [7, 11) is 0. The maximum Gasteiger partial charge on any atom is 0.453 e. The highest BCUT2D eigenvalue weighted by atomic mass is 19.4. The van der Waals surface area contributed by atoms with Crippen LogP contribution < -0.4 is 0 Å². The number of halogens is 13. The molecule has 0 aliphatic rings. The minimum absolute atomic E-state index is 0.904. The van der Waals surface area contributed by atoms with E-state index in [0.717, 1.165) is 0 Å². The molecule has 13 heteroatoms. The monoisotopic (exact) mass is 374 g/mol. The average molecular weight is 374 g/mol. The van der Waals surface area contributed by atoms with Crippen molar-refractivity contribution in [1.29, 1.82) is 0 Å². The molecule has 138 valence electrons. The van der Waals surface area contributed by atoms with Crippen LogP contribution in [-0.4, -0.2) is 30.1 Å². The standard InChI is InChI=1S/C10H7F13/c11-5(1-2-7(14,15)9(18,19)20)6(12,13)3-4-8(16,17)10(21,22)23/h1H,2-4H2. The number of allylic oxidation sites excluding steroid dienone is 2. The number of rotatable bonds is 6. The van der Waals surface area contributed by atoms with Gasteiger partial charge in [-0.3, -0.25) is 0 Å². The van der Waals surface area contributed by atoms with Gasteiger partial charge in [-0.2, -0.15) is 52.7 Å². The Morgan fingerprint density at radius 2 is 1.00 bits per heavy atom. The quantitative estimate of drug-likeness (QED) is 0.497. The van der Waals surface area contributed by atoms with E-state index in [1.54, 1.807) is 0 Å². The first-order valence-corrected chi connectivity index (χ1v) is 5.46. The maximum absolute atomic E-state index is 12.9. The van der Waals surface area contributed by atoms with E-state index in [4.69, 9.17) is 0 Å². The molecule has 0 saturated carbocycles. The molecule has 23 heavy (non-hydrogen) atoms. The molecule has 0 nitrogen and oxygen atoms in total. The maximum atomic E-state index is 12.9. The molecular formula is C10H7F13. The Bertz CT molecular complexity index is 425. The zero-order valence-electron chi connectivity index (χ0n) is 10.6. The van der Waals surface area contributed by atoms with Crippen molar-refractivity contribution >= 4 is 0 Å². The fraction of sp³-hybridized carbons (Fsp3) is 0.800. The summed E-state index contributed by atoms with van der Waals surface area (Å²) in [5, 5.41) is 0. The highest BCUT2D eigenvalue weighted by Gasteiger charge is 2.59. The van der Waals surface area contributed by atoms with Crippen LogP contribution in [0.1, 0.15) is 19.3 Å². The zero-order valence-corrected chi connectivity index (χ0v) is 10.6. The fourth-order valence-electron chi connectivity index (χ4n) is 1.06. The zero-order chi connectivity index (χ0) is 18.9. The van der Waals surface area contributed by atoms with E-state index >= 15 is 0 Å². The molecule has 0 spiro atoms. The van der Waals surface area contributed by atoms with Crippen LogP contribution in [0.5, 0.6) is 0 Å². The van der Waals surface area contributed by atoms with Gasteiger partial charge in [-0.15, -0.1) is 0 Å². The van der Waals surface area contributed by atoms with Crippen molar-refractivity contribution in [2.75, 3.05) is 0 Å². The highest BCUT2D eigenvalue weighted by molar-refractivity contribution is 5.06. The Morgan fingerprint density at radius 3 is 1.35 bits per heavy atom. The molecule has 0 aromatic carbocycles. The van der Waals surface area contributed by atoms with Gasteiger partial charge >= 0.3 is 24.2 Å². The van der Waals surface area contributed by atoms with Gasteiger partial charge in [0.05, 0.1) is 0 Å². The van der Waals surface area contributed by atoms with Gasteiger partial charge in [-0.1, -0.05) is 0 Å². The average Bonchev–Trinajstić information content (AvgIpc) is 2.31. The molecule has 0 aliphatic carbocycles. The summed E-state index contributed by atoms with van der Waals surface area (Å²) in [6.45, 7) is 0. The van der Waals surface area contributed by atoms with Gasteiger partial charge in [-0.25, -0.2) is 4.39 Å². The summed E-state index contributed by atoms with van der Waals surface area (Å²) in [6, 6.07) is 0. The topological polar surface area (TPSA) is 0 Å². The van der Waals surface area contributed by atoms with Gasteiger partial charge in [0.15, 0.2) is 5.83 Å². The van der Waals surface area contributed by atoms with Crippen molar-refractivity contribution in [3.05, 3.63) is 11.9 Å². The van der Waals surface area contributed by atoms with Gasteiger partial charge in [0.1, 0.15) is 0 Å². The summed E-state index contributed by atoms with van der Waals surface area (Å²) >= 11 is 0. The molecule has 0 atom stereocenters. The van der Waals surface area contributed by atoms with Crippen molar-refractivity contribution in [3.8, 4) is 0 Å². The van der Waals surface area contributed by atoms with E-state index in [1.165, 1.54) is 0 Å². The second kappa shape index (κ2) is 6.38. The molecule has 0 amide bonds. The third-order valence-corrected chi connectivity index (χ3v) is 2.47. The predicted molar refractivity (Wildman–Crippen MR) is 50.0 cm³/mol. The van der Waals surface area contributed by atoms with E-state index in [-0.39, 0.29) is 0 Å². The molecule has 0 heterocycles. The third-order valence-electron chi connectivity index (χ3n) is 2.47. The first kappa shape index (κ1) is 21.8. The lowest BCUT2D eigenvalue weighted by atomic mass is 10.1. The predicted octanol–water partition coefficient (Wildman–Crippen LogP) is 6.04. The van der Waals surface area contributed by atoms with Crippen LogP contribution in [0.4, 0.5) is 57.1 Å². The van der Waals surface area contributed by atoms with Crippen molar-refractivity contribution < 1.29 is 57.1 Å². The molecular weight excluding hydrogens is 367 g/mol. The Kier molecular flexibility index (Phi) is 6.06. The Balaban J connectivity index is 4.99. The minimum Gasteiger partial charge on any atom is -0.206 e. The first-order valence-electron chi connectivity index (χ1n) is 5.46. The van der Waals surface area contributed by atoms with Gasteiger partial charge < -0.3 is 0 Å². The van der Waals surface area contributed by atoms with E-state index in [1.807, 2.05) is 0 Å². The minimum atomic E-state index is -6.20. The van der Waals surface area contributed by atoms with E-state index in [0.29, 0.717) is 0 Å². The molecule has 0 aromatic rings. The second-order valence-electron chi connectivity index (χ2n) is 4.37. The van der Waals surface area contributed by atoms with Gasteiger partial charge in [0, 0.05) is 19.3 Å². The number of hydrogen-bond donors (Lipinski definition) is 0. The Morgan fingerprint density at radius 1 is 0.609 bits per heavy atom. The summed E-state index contributed by atoms with van der Waals surface area (Å²) in [5.41, 5.74) is 0. The van der Waals surface area contributed by atoms with Gasteiger partial charge in [0.2, 0.25) is 0 Å². The SMILES string of the molecule is FC(=CCC(F)(F)C(F)(F)F)C(F)(F)CCC(F)(F)C(F)(F)F. The van der Waals surface area contributed by atoms with Crippen molar-refractivity contribution in [2.45, 2.75) is 49.4 Å². The third kappa shape index (κ3) is 5.75. The Hall–Kier alpha value is -1.17. The van der Waals surface area contributed by atoms with E-state index < -0.39 is 61.3 Å². The summed E-state index contributed by atoms with van der Waals surface area (Å²) in [6.07, 6.45) is -20.9. The van der Waals surface area contributed by atoms with Crippen LogP contribution >= 0.6 is 0 Å². The van der Waals surface area contributed by atoms with Crippen LogP contribution in [-0.2, 0) is 0 Å². The Labute approximate surface area is 119 Å². The molecule has 0 fully saturated rings. The largest absolute Gasteiger partial charge is 0.453 e. The van der Waals surface area contributed by atoms with Crippen LogP contribution in [0, 0.1) is 0 Å². The van der Waals surface area contributed by atoms with Crippen LogP contribution in [0.15, 0.2) is 11.9 Å². The van der Waals surface area contributed by atoms with E-state index in [9.17, 15) is 57.1 Å². The molecule has 0 radical (unpaired) electrons. The summed E-state index contributed by atoms with van der Waals surface area (Å²) in [5.74, 6) is -19.2. The van der Waals surface area contributed by atoms with Crippen molar-refractivity contribution in [3.63, 3.8) is 0 Å². The van der Waals surface area contributed by atoms with Crippen LogP contribution in [0.3, 0.4) is 0 Å². The van der Waals surface area contributed by atoms with Crippen LogP contribution in [0.2, 0.25) is 0 Å². The molecule has 0 bridgehead atoms. The fourth-order valence-corrected chi connectivity index (χ4v) is 1.06. The summed E-state index contributed by atoms with van der Waals surface area (Å²) in [4.78, 5) is 0. The lowest BCUT2D eigenvalue weighted by Crippen LogP contribution is -2.38. The van der Waals surface area contributed by atoms with Crippen molar-refractivity contribution in [1.82, 2.24) is 0 Å². The molecule has 0 aliphatic heterocycles. The number of hydrogen-bond acceptors (Lipinski definition) is 0. The lowest BCUT2D eigenvalue weighted by molar-refractivity contribution is -0.287. The van der Waals surface area contributed by atoms with Crippen LogP contribution in [0.25, 0.3) is 0 Å². The van der Waals surface area contributed by atoms with E-state index in [2.05, 4.69) is 0 Å². The highest BCUT2D eigenvalue weighted by Crippen LogP contribution is 2.43. The summed E-state index contributed by atoms with van der Waals surface area (Å²) < 4.78 is 158. The number of alkyl halides is 12. The van der Waals surface area contributed by atoms with Crippen molar-refractivity contribution in [2.24, 2.45) is 0 Å². The smallest absolute Gasteiger partial charge is 0.206 e. The molecule has 0 unspecified atom stereocenters. The molecule has 0 N–H and O–H groups in total. The first-order chi connectivity index (χ1) is 9.83. The molecule has 0 rings (SSSR count). The molecule has 0 aromatic heterocycles. The lowest BCUT2D eigenvalue weighted by Gasteiger charge is -2.22. The molecule has 0 saturated heterocycles. The van der Waals surface area contributed by atoms with Gasteiger partial charge in [-0.05, 0) is 6.08 Å². The second-order valence-corrected chi connectivity index (χ2v) is 4.37. The van der Waals surface area contributed by atoms with Gasteiger partial charge in [0.25, 0.3) is 5.92 Å². The normalized spacial score (nSPS) is 16.0.